The summed E-state index contributed by atoms with van der Waals surface area (Å²) in [6.45, 7) is 2.38. The summed E-state index contributed by atoms with van der Waals surface area (Å²) in [6.07, 6.45) is 3.20. The Hall–Kier alpha value is -2.24. The highest BCUT2D eigenvalue weighted by Gasteiger charge is 2.32. The van der Waals surface area contributed by atoms with Gasteiger partial charge in [0.25, 0.3) is 5.91 Å². The first-order valence-corrected chi connectivity index (χ1v) is 8.51. The van der Waals surface area contributed by atoms with Crippen LogP contribution in [-0.2, 0) is 9.59 Å². The number of piperazine rings is 1. The van der Waals surface area contributed by atoms with Gasteiger partial charge in [-0.2, -0.15) is 0 Å². The van der Waals surface area contributed by atoms with Gasteiger partial charge in [0.05, 0.1) is 7.11 Å². The molecule has 0 spiro atoms. The average molecular weight is 332 g/mol. The molecule has 1 aliphatic carbocycles. The maximum absolute atomic E-state index is 12.3. The molecule has 1 saturated carbocycles. The number of ether oxygens (including phenoxy) is 2. The van der Waals surface area contributed by atoms with Crippen LogP contribution >= 0.6 is 0 Å². The summed E-state index contributed by atoms with van der Waals surface area (Å²) in [4.78, 5) is 28.2. The molecule has 1 heterocycles. The van der Waals surface area contributed by atoms with Crippen LogP contribution in [0.5, 0.6) is 11.5 Å². The fourth-order valence-electron chi connectivity index (χ4n) is 3.06. The summed E-state index contributed by atoms with van der Waals surface area (Å²) in [5, 5.41) is 0. The molecule has 1 aromatic carbocycles. The first kappa shape index (κ1) is 16.6. The lowest BCUT2D eigenvalue weighted by molar-refractivity contribution is -0.144. The van der Waals surface area contributed by atoms with Crippen molar-refractivity contribution in [3.8, 4) is 11.5 Å². The topological polar surface area (TPSA) is 59.1 Å². The van der Waals surface area contributed by atoms with Gasteiger partial charge < -0.3 is 19.3 Å². The lowest BCUT2D eigenvalue weighted by atomic mass is 9.84. The zero-order chi connectivity index (χ0) is 16.9. The van der Waals surface area contributed by atoms with Crippen molar-refractivity contribution in [3.05, 3.63) is 24.3 Å². The van der Waals surface area contributed by atoms with Gasteiger partial charge in [-0.15, -0.1) is 0 Å². The molecule has 2 aliphatic rings. The molecular weight excluding hydrogens is 308 g/mol. The molecule has 2 amide bonds. The molecular formula is C18H24N2O4. The number of carbonyl (C=O) groups is 2. The Bertz CT molecular complexity index is 592. The predicted molar refractivity (Wildman–Crippen MR) is 89.0 cm³/mol. The van der Waals surface area contributed by atoms with E-state index in [9.17, 15) is 9.59 Å². The van der Waals surface area contributed by atoms with Crippen molar-refractivity contribution in [1.29, 1.82) is 0 Å². The quantitative estimate of drug-likeness (QED) is 0.821. The van der Waals surface area contributed by atoms with Gasteiger partial charge in [-0.05, 0) is 25.0 Å². The lowest BCUT2D eigenvalue weighted by Gasteiger charge is -2.38. The van der Waals surface area contributed by atoms with Crippen molar-refractivity contribution in [2.45, 2.75) is 19.3 Å². The van der Waals surface area contributed by atoms with Crippen LogP contribution in [0.25, 0.3) is 0 Å². The number of rotatable bonds is 5. The SMILES string of the molecule is COc1ccccc1OCC(=O)N1CCN(C(=O)C2CCC2)CC1. The van der Waals surface area contributed by atoms with Crippen molar-refractivity contribution in [1.82, 2.24) is 9.80 Å². The van der Waals surface area contributed by atoms with E-state index in [0.29, 0.717) is 37.7 Å². The standard InChI is InChI=1S/C18H24N2O4/c1-23-15-7-2-3-8-16(15)24-13-17(21)19-9-11-20(12-10-19)18(22)14-5-4-6-14/h2-3,7-8,14H,4-6,9-13H2,1H3. The van der Waals surface area contributed by atoms with Crippen molar-refractivity contribution < 1.29 is 19.1 Å². The van der Waals surface area contributed by atoms with Gasteiger partial charge in [0.1, 0.15) is 0 Å². The summed E-state index contributed by atoms with van der Waals surface area (Å²) < 4.78 is 10.8. The molecule has 0 N–H and O–H groups in total. The molecule has 0 bridgehead atoms. The van der Waals surface area contributed by atoms with Crippen LogP contribution in [0, 0.1) is 5.92 Å². The Kier molecular flexibility index (Phi) is 5.23. The first-order valence-electron chi connectivity index (χ1n) is 8.51. The highest BCUT2D eigenvalue weighted by Crippen LogP contribution is 2.28. The minimum atomic E-state index is -0.0587. The lowest BCUT2D eigenvalue weighted by Crippen LogP contribution is -2.53. The fraction of sp³-hybridized carbons (Fsp3) is 0.556. The summed E-state index contributed by atoms with van der Waals surface area (Å²) in [6, 6.07) is 7.27. The fourth-order valence-corrected chi connectivity index (χ4v) is 3.06. The van der Waals surface area contributed by atoms with E-state index in [1.54, 1.807) is 24.1 Å². The molecule has 0 atom stereocenters. The number of hydrogen-bond donors (Lipinski definition) is 0. The van der Waals surface area contributed by atoms with Crippen LogP contribution in [0.15, 0.2) is 24.3 Å². The summed E-state index contributed by atoms with van der Waals surface area (Å²) in [5.74, 6) is 1.60. The Morgan fingerprint density at radius 1 is 1.04 bits per heavy atom. The number of nitrogens with zero attached hydrogens (tertiary/aromatic N) is 2. The van der Waals surface area contributed by atoms with Crippen LogP contribution in [0.1, 0.15) is 19.3 Å². The van der Waals surface area contributed by atoms with E-state index >= 15 is 0 Å². The molecule has 0 unspecified atom stereocenters. The zero-order valence-electron chi connectivity index (χ0n) is 14.1. The second-order valence-corrected chi connectivity index (χ2v) is 6.27. The number of methoxy groups -OCH3 is 1. The normalized spacial score (nSPS) is 18.0. The molecule has 1 aliphatic heterocycles. The van der Waals surface area contributed by atoms with Gasteiger partial charge in [0, 0.05) is 32.1 Å². The number of hydrogen-bond acceptors (Lipinski definition) is 4. The van der Waals surface area contributed by atoms with Gasteiger partial charge in [-0.3, -0.25) is 9.59 Å². The minimum Gasteiger partial charge on any atom is -0.493 e. The van der Waals surface area contributed by atoms with E-state index in [1.165, 1.54) is 0 Å². The summed E-state index contributed by atoms with van der Waals surface area (Å²) in [5.41, 5.74) is 0. The van der Waals surface area contributed by atoms with E-state index in [0.717, 1.165) is 19.3 Å². The molecule has 1 aromatic rings. The highest BCUT2D eigenvalue weighted by molar-refractivity contribution is 5.81. The van der Waals surface area contributed by atoms with Crippen LogP contribution in [0.2, 0.25) is 0 Å². The molecule has 0 radical (unpaired) electrons. The number of para-hydroxylation sites is 2. The van der Waals surface area contributed by atoms with Crippen molar-refractivity contribution in [3.63, 3.8) is 0 Å². The molecule has 3 rings (SSSR count). The van der Waals surface area contributed by atoms with Crippen molar-refractivity contribution >= 4 is 11.8 Å². The Balaban J connectivity index is 1.46. The first-order chi connectivity index (χ1) is 11.7. The number of carbonyl (C=O) groups excluding carboxylic acids is 2. The third-order valence-corrected chi connectivity index (χ3v) is 4.82. The third-order valence-electron chi connectivity index (χ3n) is 4.82. The monoisotopic (exact) mass is 332 g/mol. The van der Waals surface area contributed by atoms with E-state index in [2.05, 4.69) is 0 Å². The van der Waals surface area contributed by atoms with E-state index < -0.39 is 0 Å². The summed E-state index contributed by atoms with van der Waals surface area (Å²) >= 11 is 0. The molecule has 2 fully saturated rings. The average Bonchev–Trinajstić information content (AvgIpc) is 2.58. The maximum atomic E-state index is 12.3. The third kappa shape index (κ3) is 3.63. The van der Waals surface area contributed by atoms with Gasteiger partial charge in [0.15, 0.2) is 18.1 Å². The summed E-state index contributed by atoms with van der Waals surface area (Å²) in [7, 11) is 1.57. The van der Waals surface area contributed by atoms with Crippen LogP contribution in [-0.4, -0.2) is 61.5 Å². The van der Waals surface area contributed by atoms with E-state index in [4.69, 9.17) is 9.47 Å². The molecule has 130 valence electrons. The Morgan fingerprint density at radius 3 is 2.25 bits per heavy atom. The van der Waals surface area contributed by atoms with Crippen LogP contribution in [0.3, 0.4) is 0 Å². The van der Waals surface area contributed by atoms with Gasteiger partial charge in [0.2, 0.25) is 5.91 Å². The smallest absolute Gasteiger partial charge is 0.260 e. The van der Waals surface area contributed by atoms with Gasteiger partial charge >= 0.3 is 0 Å². The molecule has 24 heavy (non-hydrogen) atoms. The second-order valence-electron chi connectivity index (χ2n) is 6.27. The number of benzene rings is 1. The van der Waals surface area contributed by atoms with Gasteiger partial charge in [-0.1, -0.05) is 18.6 Å². The number of amides is 2. The molecule has 0 aromatic heterocycles. The minimum absolute atomic E-state index is 0.0169. The predicted octanol–water partition coefficient (Wildman–Crippen LogP) is 1.54. The van der Waals surface area contributed by atoms with Crippen molar-refractivity contribution in [2.75, 3.05) is 39.9 Å². The van der Waals surface area contributed by atoms with E-state index in [1.807, 2.05) is 17.0 Å². The van der Waals surface area contributed by atoms with E-state index in [-0.39, 0.29) is 24.3 Å². The molecule has 6 heteroatoms. The Labute approximate surface area is 142 Å². The Morgan fingerprint density at radius 2 is 1.67 bits per heavy atom. The zero-order valence-corrected chi connectivity index (χ0v) is 14.1. The largest absolute Gasteiger partial charge is 0.493 e. The van der Waals surface area contributed by atoms with Crippen LogP contribution in [0.4, 0.5) is 0 Å². The van der Waals surface area contributed by atoms with Crippen LogP contribution < -0.4 is 9.47 Å². The second kappa shape index (κ2) is 7.55. The van der Waals surface area contributed by atoms with Gasteiger partial charge in [-0.25, -0.2) is 0 Å². The van der Waals surface area contributed by atoms with Crippen molar-refractivity contribution in [2.24, 2.45) is 5.92 Å². The maximum Gasteiger partial charge on any atom is 0.260 e. The molecule has 6 nitrogen and oxygen atoms in total. The highest BCUT2D eigenvalue weighted by atomic mass is 16.5. The molecule has 1 saturated heterocycles.